The molecule has 1 saturated heterocycles. The molecule has 9 heteroatoms. The molecule has 3 aromatic rings. The first-order valence-electron chi connectivity index (χ1n) is 10.4. The largest absolute Gasteiger partial charge is 0.507 e. The Morgan fingerprint density at radius 2 is 2.12 bits per heavy atom. The summed E-state index contributed by atoms with van der Waals surface area (Å²) in [6.07, 6.45) is 0.0941. The number of hydrogen-bond donors (Lipinski definition) is 3. The van der Waals surface area contributed by atoms with Crippen molar-refractivity contribution in [2.45, 2.75) is 31.8 Å². The first-order chi connectivity index (χ1) is 15.4. The number of carboxylic acid groups (broad SMARTS) is 1. The summed E-state index contributed by atoms with van der Waals surface area (Å²) in [5.74, 6) is -0.214. The number of phenols is 1. The molecule has 32 heavy (non-hydrogen) atoms. The zero-order valence-electron chi connectivity index (χ0n) is 17.9. The van der Waals surface area contributed by atoms with E-state index >= 15 is 0 Å². The zero-order chi connectivity index (χ0) is 22.8. The van der Waals surface area contributed by atoms with Crippen LogP contribution in [0.15, 0.2) is 36.4 Å². The number of anilines is 1. The van der Waals surface area contributed by atoms with Gasteiger partial charge in [0.25, 0.3) is 0 Å². The molecule has 0 radical (unpaired) electrons. The van der Waals surface area contributed by atoms with Crippen molar-refractivity contribution in [1.82, 2.24) is 15.3 Å². The van der Waals surface area contributed by atoms with Gasteiger partial charge < -0.3 is 25.2 Å². The Hall–Kier alpha value is -3.46. The normalized spacial score (nSPS) is 18.3. The highest BCUT2D eigenvalue weighted by atomic mass is 19.1. The Balaban J connectivity index is 1.88. The molecule has 0 bridgehead atoms. The summed E-state index contributed by atoms with van der Waals surface area (Å²) >= 11 is 0. The number of amides is 1. The number of aryl methyl sites for hydroxylation is 1. The second kappa shape index (κ2) is 8.96. The molecule has 1 aromatic heterocycles. The topological polar surface area (TPSA) is 108 Å². The van der Waals surface area contributed by atoms with Crippen LogP contribution in [-0.4, -0.2) is 58.6 Å². The predicted molar refractivity (Wildman–Crippen MR) is 119 cm³/mol. The van der Waals surface area contributed by atoms with Crippen molar-refractivity contribution >= 4 is 22.8 Å². The Labute approximate surface area is 184 Å². The number of carbonyl (C=O) groups is 1. The van der Waals surface area contributed by atoms with Crippen molar-refractivity contribution < 1.29 is 24.1 Å². The van der Waals surface area contributed by atoms with Crippen molar-refractivity contribution in [2.75, 3.05) is 25.2 Å². The Bertz CT molecular complexity index is 1140. The lowest BCUT2D eigenvalue weighted by atomic mass is 10.1. The molecule has 1 aliphatic heterocycles. The summed E-state index contributed by atoms with van der Waals surface area (Å²) in [7, 11) is 1.60. The molecule has 1 fully saturated rings. The summed E-state index contributed by atoms with van der Waals surface area (Å²) in [5.41, 5.74) is 1.53. The monoisotopic (exact) mass is 440 g/mol. The van der Waals surface area contributed by atoms with E-state index in [-0.39, 0.29) is 29.2 Å². The van der Waals surface area contributed by atoms with E-state index in [1.807, 2.05) is 30.0 Å². The van der Waals surface area contributed by atoms with Gasteiger partial charge in [-0.15, -0.1) is 0 Å². The van der Waals surface area contributed by atoms with Gasteiger partial charge in [-0.1, -0.05) is 12.1 Å². The second-order valence-corrected chi connectivity index (χ2v) is 7.91. The van der Waals surface area contributed by atoms with Gasteiger partial charge in [-0.3, -0.25) is 0 Å². The fourth-order valence-electron chi connectivity index (χ4n) is 4.33. The van der Waals surface area contributed by atoms with Crippen LogP contribution in [0.3, 0.4) is 0 Å². The average molecular weight is 440 g/mol. The summed E-state index contributed by atoms with van der Waals surface area (Å²) in [6, 6.07) is 9.31. The van der Waals surface area contributed by atoms with Crippen molar-refractivity contribution in [1.29, 1.82) is 0 Å². The molecule has 2 aromatic carbocycles. The van der Waals surface area contributed by atoms with Crippen LogP contribution in [-0.2, 0) is 4.74 Å². The summed E-state index contributed by atoms with van der Waals surface area (Å²) < 4.78 is 19.9. The first kappa shape index (κ1) is 21.8. The van der Waals surface area contributed by atoms with Gasteiger partial charge in [0.1, 0.15) is 17.4 Å². The summed E-state index contributed by atoms with van der Waals surface area (Å²) in [4.78, 5) is 22.6. The number of nitrogens with one attached hydrogen (secondary N) is 1. The zero-order valence-corrected chi connectivity index (χ0v) is 17.9. The third-order valence-electron chi connectivity index (χ3n) is 5.79. The molecule has 2 atom stereocenters. The maximum Gasteiger partial charge on any atom is 0.404 e. The summed E-state index contributed by atoms with van der Waals surface area (Å²) in [6.45, 7) is 2.94. The molecule has 0 saturated carbocycles. The molecule has 0 aliphatic carbocycles. The van der Waals surface area contributed by atoms with Crippen molar-refractivity contribution in [2.24, 2.45) is 0 Å². The molecule has 168 valence electrons. The van der Waals surface area contributed by atoms with Crippen molar-refractivity contribution in [3.63, 3.8) is 0 Å². The fraction of sp³-hybridized carbons (Fsp3) is 0.348. The van der Waals surface area contributed by atoms with Gasteiger partial charge in [0.15, 0.2) is 5.82 Å². The smallest absolute Gasteiger partial charge is 0.404 e. The minimum Gasteiger partial charge on any atom is -0.507 e. The quantitative estimate of drug-likeness (QED) is 0.536. The average Bonchev–Trinajstić information content (AvgIpc) is 3.12. The summed E-state index contributed by atoms with van der Waals surface area (Å²) in [5, 5.41) is 23.0. The third kappa shape index (κ3) is 4.16. The standard InChI is InChI=1S/C23H25FN4O4/c1-13-6-7-14-17(12-13)25-21(20-15(24)4-3-5-19(20)29)27-22(14)28-10-8-16(26-23(30)31)18(28)9-11-32-2/h3-7,12,16,18,26,29H,8-11H2,1-2H3,(H,30,31). The van der Waals surface area contributed by atoms with Crippen LogP contribution in [0.4, 0.5) is 15.0 Å². The number of phenolic OH excluding ortho intramolecular Hbond substituents is 1. The molecule has 4 rings (SSSR count). The molecule has 2 heterocycles. The highest BCUT2D eigenvalue weighted by Gasteiger charge is 2.37. The lowest BCUT2D eigenvalue weighted by molar-refractivity contribution is 0.175. The predicted octanol–water partition coefficient (Wildman–Crippen LogP) is 3.70. The van der Waals surface area contributed by atoms with Crippen LogP contribution < -0.4 is 10.2 Å². The van der Waals surface area contributed by atoms with Gasteiger partial charge >= 0.3 is 6.09 Å². The number of aromatic hydroxyl groups is 1. The molecular formula is C23H25FN4O4. The molecule has 0 spiro atoms. The third-order valence-corrected chi connectivity index (χ3v) is 5.79. The van der Waals surface area contributed by atoms with Gasteiger partial charge in [0, 0.05) is 25.6 Å². The van der Waals surface area contributed by atoms with Gasteiger partial charge in [-0.2, -0.15) is 0 Å². The number of aromatic nitrogens is 2. The molecule has 3 N–H and O–H groups in total. The fourth-order valence-corrected chi connectivity index (χ4v) is 4.33. The van der Waals surface area contributed by atoms with E-state index in [1.54, 1.807) is 7.11 Å². The van der Waals surface area contributed by atoms with Gasteiger partial charge in [-0.05, 0) is 49.6 Å². The molecular weight excluding hydrogens is 415 g/mol. The number of halogens is 1. The van der Waals surface area contributed by atoms with Crippen molar-refractivity contribution in [3.8, 4) is 17.1 Å². The highest BCUT2D eigenvalue weighted by Crippen LogP contribution is 2.36. The Morgan fingerprint density at radius 3 is 2.84 bits per heavy atom. The SMILES string of the molecule is COCCC1C(NC(=O)O)CCN1c1nc(-c2c(O)cccc2F)nc2cc(C)ccc12. The molecule has 1 aliphatic rings. The number of benzene rings is 2. The van der Waals surface area contributed by atoms with Gasteiger partial charge in [0.2, 0.25) is 0 Å². The van der Waals surface area contributed by atoms with Crippen LogP contribution >= 0.6 is 0 Å². The van der Waals surface area contributed by atoms with Crippen LogP contribution in [0.25, 0.3) is 22.3 Å². The molecule has 2 unspecified atom stereocenters. The number of ether oxygens (including phenoxy) is 1. The Kier molecular flexibility index (Phi) is 6.09. The maximum atomic E-state index is 14.6. The van der Waals surface area contributed by atoms with E-state index in [9.17, 15) is 19.4 Å². The minimum absolute atomic E-state index is 0.0648. The van der Waals surface area contributed by atoms with Crippen LogP contribution in [0, 0.1) is 12.7 Å². The van der Waals surface area contributed by atoms with E-state index in [2.05, 4.69) is 15.3 Å². The van der Waals surface area contributed by atoms with E-state index in [4.69, 9.17) is 4.74 Å². The van der Waals surface area contributed by atoms with Gasteiger partial charge in [0.05, 0.1) is 23.2 Å². The van der Waals surface area contributed by atoms with Crippen LogP contribution in [0.5, 0.6) is 5.75 Å². The first-order valence-corrected chi connectivity index (χ1v) is 10.4. The lowest BCUT2D eigenvalue weighted by Gasteiger charge is -2.30. The molecule has 1 amide bonds. The molecule has 8 nitrogen and oxygen atoms in total. The number of fused-ring (bicyclic) bond motifs is 1. The number of nitrogens with zero attached hydrogens (tertiary/aromatic N) is 3. The van der Waals surface area contributed by atoms with E-state index in [0.717, 1.165) is 10.9 Å². The van der Waals surface area contributed by atoms with E-state index < -0.39 is 11.9 Å². The number of hydrogen-bond acceptors (Lipinski definition) is 6. The minimum atomic E-state index is -1.08. The highest BCUT2D eigenvalue weighted by molar-refractivity contribution is 5.92. The van der Waals surface area contributed by atoms with E-state index in [0.29, 0.717) is 37.3 Å². The van der Waals surface area contributed by atoms with Crippen LogP contribution in [0.1, 0.15) is 18.4 Å². The van der Waals surface area contributed by atoms with Crippen molar-refractivity contribution in [3.05, 3.63) is 47.8 Å². The Morgan fingerprint density at radius 1 is 1.31 bits per heavy atom. The number of methoxy groups -OCH3 is 1. The van der Waals surface area contributed by atoms with Crippen LogP contribution in [0.2, 0.25) is 0 Å². The maximum absolute atomic E-state index is 14.6. The number of rotatable bonds is 6. The van der Waals surface area contributed by atoms with E-state index in [1.165, 1.54) is 18.2 Å². The van der Waals surface area contributed by atoms with Gasteiger partial charge in [-0.25, -0.2) is 19.2 Å². The second-order valence-electron chi connectivity index (χ2n) is 7.91. The lowest BCUT2D eigenvalue weighted by Crippen LogP contribution is -2.45.